The maximum absolute atomic E-state index is 12.3. The summed E-state index contributed by atoms with van der Waals surface area (Å²) in [6.45, 7) is 13.6. The summed E-state index contributed by atoms with van der Waals surface area (Å²) in [5.41, 5.74) is -2.99. The van der Waals surface area contributed by atoms with Gasteiger partial charge in [-0.3, -0.25) is 0 Å². The van der Waals surface area contributed by atoms with Crippen LogP contribution in [0.2, 0.25) is 0 Å². The van der Waals surface area contributed by atoms with E-state index in [4.69, 9.17) is 23.7 Å². The van der Waals surface area contributed by atoms with E-state index in [0.29, 0.717) is 32.1 Å². The van der Waals surface area contributed by atoms with E-state index in [-0.39, 0.29) is 39.4 Å². The molecule has 15 heteroatoms. The molecule has 8 aliphatic rings. The van der Waals surface area contributed by atoms with Crippen molar-refractivity contribution >= 4 is 0 Å². The van der Waals surface area contributed by atoms with Crippen molar-refractivity contribution < 1.29 is 74.7 Å². The summed E-state index contributed by atoms with van der Waals surface area (Å²) in [6.07, 6.45) is -9.12. The molecule has 0 aromatic heterocycles. The van der Waals surface area contributed by atoms with Crippen molar-refractivity contribution in [1.82, 2.24) is 0 Å². The number of hydrogen-bond donors (Lipinski definition) is 10. The van der Waals surface area contributed by atoms with E-state index in [2.05, 4.69) is 34.6 Å². The van der Waals surface area contributed by atoms with Crippen LogP contribution in [0.5, 0.6) is 0 Å². The lowest BCUT2D eigenvalue weighted by Crippen LogP contribution is -2.64. The molecule has 0 aromatic rings. The Hall–Kier alpha value is -0.600. The van der Waals surface area contributed by atoms with Gasteiger partial charge >= 0.3 is 0 Å². The Morgan fingerprint density at radius 3 is 1.84 bits per heavy atom. The molecular formula is C42H70O15. The van der Waals surface area contributed by atoms with E-state index in [1.54, 1.807) is 0 Å². The molecule has 3 saturated heterocycles. The van der Waals surface area contributed by atoms with Gasteiger partial charge in [0.15, 0.2) is 12.6 Å². The summed E-state index contributed by atoms with van der Waals surface area (Å²) >= 11 is 0. The molecule has 15 nitrogen and oxygen atoms in total. The Labute approximate surface area is 335 Å². The molecule has 5 saturated carbocycles. The molecule has 0 amide bonds. The van der Waals surface area contributed by atoms with Crippen LogP contribution in [-0.4, -0.2) is 161 Å². The second-order valence-electron chi connectivity index (χ2n) is 21.5. The van der Waals surface area contributed by atoms with Gasteiger partial charge < -0.3 is 74.7 Å². The Balaban J connectivity index is 0.996. The van der Waals surface area contributed by atoms with Gasteiger partial charge in [0.25, 0.3) is 0 Å². The van der Waals surface area contributed by atoms with Gasteiger partial charge in [0.2, 0.25) is 0 Å². The maximum Gasteiger partial charge on any atom is 0.187 e. The Kier molecular flexibility index (Phi) is 10.5. The topological polar surface area (TPSA) is 248 Å². The Morgan fingerprint density at radius 2 is 1.23 bits per heavy atom. The third kappa shape index (κ3) is 5.92. The van der Waals surface area contributed by atoms with Crippen LogP contribution in [0.25, 0.3) is 0 Å². The zero-order chi connectivity index (χ0) is 41.6. The first-order valence-electron chi connectivity index (χ1n) is 21.5. The van der Waals surface area contributed by atoms with Crippen LogP contribution in [0, 0.1) is 44.8 Å². The summed E-state index contributed by atoms with van der Waals surface area (Å²) in [4.78, 5) is 0. The van der Waals surface area contributed by atoms with Crippen molar-refractivity contribution in [2.45, 2.75) is 203 Å². The Morgan fingerprint density at radius 1 is 0.632 bits per heavy atom. The van der Waals surface area contributed by atoms with Crippen LogP contribution in [0.1, 0.15) is 106 Å². The van der Waals surface area contributed by atoms with Crippen molar-refractivity contribution in [3.63, 3.8) is 0 Å². The molecule has 3 heterocycles. The molecule has 3 aliphatic heterocycles. The molecule has 22 atom stereocenters. The van der Waals surface area contributed by atoms with E-state index >= 15 is 0 Å². The molecule has 8 fully saturated rings. The van der Waals surface area contributed by atoms with Crippen LogP contribution in [0.4, 0.5) is 0 Å². The molecular weight excluding hydrogens is 744 g/mol. The SMILES string of the molecule is CC(C)(O[C@@H]1O[C@H](CO)[C@@H](O)[C@H](O)[C@H]1O)[C@@H]1CC[C@](C)([C@H]2C(O)C[C@@]3(C)[C@@H]4C[C@H](O)[C@H]5C(C)(C)[C@@H](O[C@@H]6O[C@H](CO)[C@@H](O)[C@H](O)[C@H]6O)CC[C@@]56C[C@@]46CC[C@]23C)O1. The molecule has 0 radical (unpaired) electrons. The molecule has 0 aromatic carbocycles. The standard InChI is InChI=1S/C42H70O15/c1-36(2)24(55-34-30(51)28(49)26(47)21(16-43)53-34)9-11-42-18-41(42)13-12-38(5)33(20(46)15-39(38,6)23(41)14-19(45)32(36)42)40(7)10-8-25(56-40)37(3,4)57-35-31(52)29(50)27(48)22(17-44)54-35/h19-35,43-52H,8-18H2,1-7H3/t19-,20?,21+,22+,23-,24-,25-,26+,27+,28-,29-,30+,31+,32-,33-,34-,35-,38+,39-,40+,41-,42+/m0/s1. The molecule has 1 unspecified atom stereocenters. The molecule has 8 rings (SSSR count). The second kappa shape index (κ2) is 14.0. The molecule has 57 heavy (non-hydrogen) atoms. The van der Waals surface area contributed by atoms with Crippen molar-refractivity contribution in [1.29, 1.82) is 0 Å². The van der Waals surface area contributed by atoms with Crippen molar-refractivity contribution in [3.8, 4) is 0 Å². The first-order chi connectivity index (χ1) is 26.5. The lowest BCUT2D eigenvalue weighted by Gasteiger charge is -2.64. The predicted octanol–water partition coefficient (Wildman–Crippen LogP) is 0.0850. The minimum absolute atomic E-state index is 0.00759. The van der Waals surface area contributed by atoms with Crippen LogP contribution in [0.15, 0.2) is 0 Å². The van der Waals surface area contributed by atoms with E-state index in [1.807, 2.05) is 13.8 Å². The highest BCUT2D eigenvalue weighted by molar-refractivity contribution is 5.33. The molecule has 5 aliphatic carbocycles. The molecule has 2 spiro atoms. The van der Waals surface area contributed by atoms with Crippen LogP contribution < -0.4 is 0 Å². The Bertz CT molecular complexity index is 1510. The molecule has 0 bridgehead atoms. The average Bonchev–Trinajstić information content (AvgIpc) is 3.50. The van der Waals surface area contributed by atoms with E-state index in [1.165, 1.54) is 0 Å². The highest BCUT2D eigenvalue weighted by Crippen LogP contribution is 2.89. The van der Waals surface area contributed by atoms with Crippen molar-refractivity contribution in [2.24, 2.45) is 44.8 Å². The number of ether oxygens (including phenoxy) is 5. The third-order valence-electron chi connectivity index (χ3n) is 18.1. The largest absolute Gasteiger partial charge is 0.394 e. The van der Waals surface area contributed by atoms with Gasteiger partial charge in [0.1, 0.15) is 48.8 Å². The predicted molar refractivity (Wildman–Crippen MR) is 200 cm³/mol. The minimum Gasteiger partial charge on any atom is -0.394 e. The van der Waals surface area contributed by atoms with Crippen LogP contribution in [0.3, 0.4) is 0 Å². The minimum atomic E-state index is -1.56. The van der Waals surface area contributed by atoms with Gasteiger partial charge in [-0.1, -0.05) is 27.7 Å². The highest BCUT2D eigenvalue weighted by Gasteiger charge is 2.85. The van der Waals surface area contributed by atoms with Crippen LogP contribution in [-0.2, 0) is 23.7 Å². The summed E-state index contributed by atoms with van der Waals surface area (Å²) in [5.74, 6) is -0.133. The van der Waals surface area contributed by atoms with Gasteiger partial charge in [-0.05, 0) is 117 Å². The quantitative estimate of drug-likeness (QED) is 0.146. The fourth-order valence-corrected chi connectivity index (χ4v) is 15.2. The lowest BCUT2D eigenvalue weighted by molar-refractivity contribution is -0.334. The summed E-state index contributed by atoms with van der Waals surface area (Å²) < 4.78 is 31.1. The second-order valence-corrected chi connectivity index (χ2v) is 21.5. The van der Waals surface area contributed by atoms with Gasteiger partial charge in [0, 0.05) is 5.92 Å². The first-order valence-corrected chi connectivity index (χ1v) is 21.5. The number of hydrogen-bond acceptors (Lipinski definition) is 15. The molecule has 328 valence electrons. The fourth-order valence-electron chi connectivity index (χ4n) is 15.2. The lowest BCUT2D eigenvalue weighted by atomic mass is 9.41. The number of fused-ring (bicyclic) bond motifs is 2. The number of aliphatic hydroxyl groups excluding tert-OH is 10. The normalized spacial score (nSPS) is 58.4. The average molecular weight is 815 g/mol. The summed E-state index contributed by atoms with van der Waals surface area (Å²) in [7, 11) is 0. The monoisotopic (exact) mass is 814 g/mol. The zero-order valence-electron chi connectivity index (χ0n) is 34.6. The van der Waals surface area contributed by atoms with Gasteiger partial charge in [0.05, 0.1) is 48.8 Å². The number of rotatable bonds is 8. The first kappa shape index (κ1) is 43.1. The van der Waals surface area contributed by atoms with E-state index in [9.17, 15) is 51.1 Å². The number of aliphatic hydroxyl groups is 10. The van der Waals surface area contributed by atoms with Gasteiger partial charge in [-0.15, -0.1) is 0 Å². The fraction of sp³-hybridized carbons (Fsp3) is 1.00. The van der Waals surface area contributed by atoms with Crippen LogP contribution >= 0.6 is 0 Å². The third-order valence-corrected chi connectivity index (χ3v) is 18.1. The highest BCUT2D eigenvalue weighted by atomic mass is 16.7. The smallest absolute Gasteiger partial charge is 0.187 e. The van der Waals surface area contributed by atoms with Crippen molar-refractivity contribution in [3.05, 3.63) is 0 Å². The zero-order valence-corrected chi connectivity index (χ0v) is 34.6. The van der Waals surface area contributed by atoms with E-state index < -0.39 is 116 Å². The van der Waals surface area contributed by atoms with Gasteiger partial charge in [-0.2, -0.15) is 0 Å². The molecule has 10 N–H and O–H groups in total. The maximum atomic E-state index is 12.3. The summed E-state index contributed by atoms with van der Waals surface area (Å²) in [6, 6.07) is 0. The van der Waals surface area contributed by atoms with Crippen molar-refractivity contribution in [2.75, 3.05) is 13.2 Å². The van der Waals surface area contributed by atoms with E-state index in [0.717, 1.165) is 25.7 Å². The van der Waals surface area contributed by atoms with Gasteiger partial charge in [-0.25, -0.2) is 0 Å². The summed E-state index contributed by atoms with van der Waals surface area (Å²) in [5, 5.41) is 107.